The molecule has 0 radical (unpaired) electrons. The summed E-state index contributed by atoms with van der Waals surface area (Å²) < 4.78 is 13.2. The molecule has 1 aromatic heterocycles. The molecule has 1 aromatic carbocycles. The number of hydrogen-bond donors (Lipinski definition) is 1. The van der Waals surface area contributed by atoms with E-state index in [0.29, 0.717) is 22.8 Å². The van der Waals surface area contributed by atoms with Gasteiger partial charge in [0, 0.05) is 5.38 Å². The number of para-hydroxylation sites is 1. The average molecular weight is 222 g/mol. The van der Waals surface area contributed by atoms with Gasteiger partial charge in [-0.2, -0.15) is 0 Å². The normalized spacial score (nSPS) is 9.93. The van der Waals surface area contributed by atoms with Gasteiger partial charge in [-0.1, -0.05) is 12.1 Å². The van der Waals surface area contributed by atoms with E-state index in [-0.39, 0.29) is 5.82 Å². The van der Waals surface area contributed by atoms with Crippen molar-refractivity contribution in [3.05, 3.63) is 41.2 Å². The van der Waals surface area contributed by atoms with Crippen LogP contribution in [0, 0.1) is 5.82 Å². The lowest BCUT2D eigenvalue weighted by Crippen LogP contribution is -1.92. The molecule has 1 heterocycles. The molecule has 0 amide bonds. The average Bonchev–Trinajstić information content (AvgIpc) is 2.69. The molecular weight excluding hydrogens is 215 g/mol. The molecule has 2 aromatic rings. The van der Waals surface area contributed by atoms with Crippen molar-refractivity contribution in [2.45, 2.75) is 0 Å². The van der Waals surface area contributed by atoms with Crippen LogP contribution in [0.2, 0.25) is 0 Å². The minimum atomic E-state index is -0.347. The number of benzene rings is 1. The highest BCUT2D eigenvalue weighted by molar-refractivity contribution is 7.13. The van der Waals surface area contributed by atoms with Crippen LogP contribution in [0.1, 0.15) is 10.5 Å². The van der Waals surface area contributed by atoms with Crippen molar-refractivity contribution in [3.63, 3.8) is 0 Å². The Bertz CT molecular complexity index is 484. The van der Waals surface area contributed by atoms with Crippen LogP contribution >= 0.6 is 11.3 Å². The molecular formula is C10H7FN2OS. The van der Waals surface area contributed by atoms with Crippen LogP contribution in [0.4, 0.5) is 15.2 Å². The van der Waals surface area contributed by atoms with Crippen molar-refractivity contribution in [2.24, 2.45) is 0 Å². The summed E-state index contributed by atoms with van der Waals surface area (Å²) in [7, 11) is 0. The maximum atomic E-state index is 13.2. The number of hydrogen-bond acceptors (Lipinski definition) is 4. The lowest BCUT2D eigenvalue weighted by molar-refractivity contribution is 0.111. The maximum Gasteiger partial charge on any atom is 0.187 e. The van der Waals surface area contributed by atoms with Crippen molar-refractivity contribution >= 4 is 28.4 Å². The fraction of sp³-hybridized carbons (Fsp3) is 0. The standard InChI is InChI=1S/C10H7FN2OS/c11-8-3-1-2-4-9(8)13-10-12-7(5-14)6-15-10/h1-6H,(H,12,13). The maximum absolute atomic E-state index is 13.2. The molecule has 0 bridgehead atoms. The molecule has 0 aliphatic carbocycles. The Morgan fingerprint density at radius 1 is 1.40 bits per heavy atom. The van der Waals surface area contributed by atoms with Gasteiger partial charge in [-0.3, -0.25) is 4.79 Å². The lowest BCUT2D eigenvalue weighted by atomic mass is 10.3. The molecule has 76 valence electrons. The van der Waals surface area contributed by atoms with Gasteiger partial charge in [0.2, 0.25) is 0 Å². The molecule has 0 aliphatic rings. The zero-order valence-electron chi connectivity index (χ0n) is 7.61. The minimum absolute atomic E-state index is 0.346. The number of nitrogens with one attached hydrogen (secondary N) is 1. The summed E-state index contributed by atoms with van der Waals surface area (Å²) in [6, 6.07) is 6.30. The molecule has 0 aliphatic heterocycles. The summed E-state index contributed by atoms with van der Waals surface area (Å²) in [6.45, 7) is 0. The second-order valence-corrected chi connectivity index (χ2v) is 3.66. The number of carbonyl (C=O) groups is 1. The highest BCUT2D eigenvalue weighted by Crippen LogP contribution is 2.22. The SMILES string of the molecule is O=Cc1csc(Nc2ccccc2F)n1. The van der Waals surface area contributed by atoms with E-state index >= 15 is 0 Å². The van der Waals surface area contributed by atoms with Crippen LogP contribution in [0.5, 0.6) is 0 Å². The number of carbonyl (C=O) groups excluding carboxylic acids is 1. The van der Waals surface area contributed by atoms with E-state index in [1.165, 1.54) is 17.4 Å². The molecule has 15 heavy (non-hydrogen) atoms. The largest absolute Gasteiger partial charge is 0.329 e. The smallest absolute Gasteiger partial charge is 0.187 e. The number of anilines is 2. The van der Waals surface area contributed by atoms with Crippen LogP contribution in [-0.2, 0) is 0 Å². The molecule has 0 atom stereocenters. The first-order valence-corrected chi connectivity index (χ1v) is 5.10. The zero-order chi connectivity index (χ0) is 10.7. The van der Waals surface area contributed by atoms with Crippen molar-refractivity contribution in [3.8, 4) is 0 Å². The van der Waals surface area contributed by atoms with Crippen molar-refractivity contribution in [1.82, 2.24) is 4.98 Å². The Balaban J connectivity index is 2.22. The van der Waals surface area contributed by atoms with Gasteiger partial charge in [-0.05, 0) is 12.1 Å². The number of nitrogens with zero attached hydrogens (tertiary/aromatic N) is 1. The van der Waals surface area contributed by atoms with Crippen LogP contribution < -0.4 is 5.32 Å². The molecule has 0 saturated heterocycles. The summed E-state index contributed by atoms with van der Waals surface area (Å²) in [5, 5.41) is 4.91. The predicted molar refractivity (Wildman–Crippen MR) is 57.2 cm³/mol. The Morgan fingerprint density at radius 3 is 2.87 bits per heavy atom. The molecule has 0 saturated carbocycles. The number of rotatable bonds is 3. The van der Waals surface area contributed by atoms with E-state index in [2.05, 4.69) is 10.3 Å². The lowest BCUT2D eigenvalue weighted by Gasteiger charge is -2.02. The Morgan fingerprint density at radius 2 is 2.20 bits per heavy atom. The van der Waals surface area contributed by atoms with E-state index in [1.807, 2.05) is 0 Å². The predicted octanol–water partition coefficient (Wildman–Crippen LogP) is 2.84. The summed E-state index contributed by atoms with van der Waals surface area (Å²) >= 11 is 1.26. The second-order valence-electron chi connectivity index (χ2n) is 2.80. The zero-order valence-corrected chi connectivity index (χ0v) is 8.42. The van der Waals surface area contributed by atoms with Gasteiger partial charge in [0.05, 0.1) is 5.69 Å². The van der Waals surface area contributed by atoms with Crippen molar-refractivity contribution in [2.75, 3.05) is 5.32 Å². The minimum Gasteiger partial charge on any atom is -0.329 e. The fourth-order valence-electron chi connectivity index (χ4n) is 1.08. The van der Waals surface area contributed by atoms with E-state index in [1.54, 1.807) is 23.6 Å². The molecule has 0 spiro atoms. The van der Waals surface area contributed by atoms with Gasteiger partial charge >= 0.3 is 0 Å². The third kappa shape index (κ3) is 2.19. The van der Waals surface area contributed by atoms with Crippen molar-refractivity contribution in [1.29, 1.82) is 0 Å². The third-order valence-electron chi connectivity index (χ3n) is 1.76. The first-order valence-electron chi connectivity index (χ1n) is 4.22. The quantitative estimate of drug-likeness (QED) is 0.812. The van der Waals surface area contributed by atoms with Crippen LogP contribution in [-0.4, -0.2) is 11.3 Å². The van der Waals surface area contributed by atoms with Gasteiger partial charge in [0.15, 0.2) is 11.4 Å². The second kappa shape index (κ2) is 4.18. The number of halogens is 1. The monoisotopic (exact) mass is 222 g/mol. The van der Waals surface area contributed by atoms with Gasteiger partial charge in [-0.25, -0.2) is 9.37 Å². The van der Waals surface area contributed by atoms with Gasteiger partial charge < -0.3 is 5.32 Å². The Labute approximate surface area is 89.6 Å². The topological polar surface area (TPSA) is 42.0 Å². The van der Waals surface area contributed by atoms with Crippen LogP contribution in [0.15, 0.2) is 29.6 Å². The summed E-state index contributed by atoms with van der Waals surface area (Å²) in [5.74, 6) is -0.347. The summed E-state index contributed by atoms with van der Waals surface area (Å²) in [4.78, 5) is 14.3. The van der Waals surface area contributed by atoms with E-state index < -0.39 is 0 Å². The van der Waals surface area contributed by atoms with E-state index in [0.717, 1.165) is 0 Å². The number of aldehydes is 1. The summed E-state index contributed by atoms with van der Waals surface area (Å²) in [5.41, 5.74) is 0.697. The van der Waals surface area contributed by atoms with Gasteiger partial charge in [-0.15, -0.1) is 11.3 Å². The highest BCUT2D eigenvalue weighted by atomic mass is 32.1. The highest BCUT2D eigenvalue weighted by Gasteiger charge is 2.04. The fourth-order valence-corrected chi connectivity index (χ4v) is 1.74. The number of aromatic nitrogens is 1. The molecule has 2 rings (SSSR count). The Hall–Kier alpha value is -1.75. The first-order chi connectivity index (χ1) is 7.29. The molecule has 0 unspecified atom stereocenters. The third-order valence-corrected chi connectivity index (χ3v) is 2.53. The van der Waals surface area contributed by atoms with E-state index in [4.69, 9.17) is 0 Å². The molecule has 1 N–H and O–H groups in total. The Kier molecular flexibility index (Phi) is 2.73. The molecule has 0 fully saturated rings. The molecule has 5 heteroatoms. The summed E-state index contributed by atoms with van der Waals surface area (Å²) in [6.07, 6.45) is 0.656. The molecule has 3 nitrogen and oxygen atoms in total. The van der Waals surface area contributed by atoms with E-state index in [9.17, 15) is 9.18 Å². The van der Waals surface area contributed by atoms with Crippen molar-refractivity contribution < 1.29 is 9.18 Å². The van der Waals surface area contributed by atoms with Crippen LogP contribution in [0.3, 0.4) is 0 Å². The van der Waals surface area contributed by atoms with Gasteiger partial charge in [0.1, 0.15) is 11.5 Å². The number of thiazole rings is 1. The van der Waals surface area contributed by atoms with Crippen LogP contribution in [0.25, 0.3) is 0 Å². The van der Waals surface area contributed by atoms with Gasteiger partial charge in [0.25, 0.3) is 0 Å². The first kappa shape index (κ1) is 9.79.